The second-order valence-electron chi connectivity index (χ2n) is 3.12. The summed E-state index contributed by atoms with van der Waals surface area (Å²) in [5.41, 5.74) is 0.351. The Labute approximate surface area is 96.9 Å². The van der Waals surface area contributed by atoms with E-state index in [9.17, 15) is 4.79 Å². The standard InChI is InChI=1S/C12H20O4/c1-4-14-8-6-7-9-15-10-11(3)12(13)16-5-2/h4H,1,3,5-10H2,2H3. The summed E-state index contributed by atoms with van der Waals surface area (Å²) in [4.78, 5) is 11.1. The molecule has 0 aromatic rings. The van der Waals surface area contributed by atoms with Crippen LogP contribution in [0.15, 0.2) is 25.0 Å². The molecule has 4 nitrogen and oxygen atoms in total. The predicted molar refractivity (Wildman–Crippen MR) is 62.0 cm³/mol. The number of carbonyl (C=O) groups is 1. The molecule has 92 valence electrons. The minimum atomic E-state index is -0.391. The Bertz CT molecular complexity index is 223. The SMILES string of the molecule is C=COCCCCOCC(=C)C(=O)OCC. The van der Waals surface area contributed by atoms with Crippen LogP contribution in [-0.4, -0.2) is 32.4 Å². The van der Waals surface area contributed by atoms with Gasteiger partial charge >= 0.3 is 5.97 Å². The molecule has 0 bridgehead atoms. The van der Waals surface area contributed by atoms with Gasteiger partial charge in [0.25, 0.3) is 0 Å². The summed E-state index contributed by atoms with van der Waals surface area (Å²) < 4.78 is 15.0. The fourth-order valence-electron chi connectivity index (χ4n) is 0.960. The Morgan fingerprint density at radius 1 is 1.31 bits per heavy atom. The molecular formula is C12H20O4. The molecule has 0 atom stereocenters. The third kappa shape index (κ3) is 8.05. The van der Waals surface area contributed by atoms with Crippen molar-refractivity contribution in [2.45, 2.75) is 19.8 Å². The van der Waals surface area contributed by atoms with E-state index in [1.54, 1.807) is 6.92 Å². The van der Waals surface area contributed by atoms with Crippen molar-refractivity contribution in [1.82, 2.24) is 0 Å². The molecule has 0 radical (unpaired) electrons. The third-order valence-electron chi connectivity index (χ3n) is 1.76. The van der Waals surface area contributed by atoms with Crippen molar-refractivity contribution in [2.75, 3.05) is 26.4 Å². The zero-order valence-corrected chi connectivity index (χ0v) is 9.87. The van der Waals surface area contributed by atoms with Gasteiger partial charge in [0.15, 0.2) is 0 Å². The minimum Gasteiger partial charge on any atom is -0.502 e. The van der Waals surface area contributed by atoms with E-state index >= 15 is 0 Å². The molecule has 0 heterocycles. The van der Waals surface area contributed by atoms with E-state index < -0.39 is 5.97 Å². The number of ether oxygens (including phenoxy) is 3. The molecule has 16 heavy (non-hydrogen) atoms. The molecule has 0 fully saturated rings. The summed E-state index contributed by atoms with van der Waals surface area (Å²) in [6.45, 7) is 10.6. The van der Waals surface area contributed by atoms with Crippen molar-refractivity contribution in [1.29, 1.82) is 0 Å². The van der Waals surface area contributed by atoms with E-state index in [4.69, 9.17) is 14.2 Å². The Morgan fingerprint density at radius 3 is 2.62 bits per heavy atom. The number of rotatable bonds is 10. The number of hydrogen-bond acceptors (Lipinski definition) is 4. The summed E-state index contributed by atoms with van der Waals surface area (Å²) in [5, 5.41) is 0. The third-order valence-corrected chi connectivity index (χ3v) is 1.76. The maximum atomic E-state index is 11.1. The smallest absolute Gasteiger partial charge is 0.335 e. The van der Waals surface area contributed by atoms with Crippen LogP contribution in [-0.2, 0) is 19.0 Å². The van der Waals surface area contributed by atoms with Crippen LogP contribution in [0, 0.1) is 0 Å². The molecular weight excluding hydrogens is 208 g/mol. The van der Waals surface area contributed by atoms with Crippen LogP contribution in [0.25, 0.3) is 0 Å². The lowest BCUT2D eigenvalue weighted by atomic mass is 10.3. The Kier molecular flexibility index (Phi) is 9.41. The topological polar surface area (TPSA) is 44.8 Å². The van der Waals surface area contributed by atoms with Gasteiger partial charge in [0, 0.05) is 6.61 Å². The first-order chi connectivity index (χ1) is 7.72. The van der Waals surface area contributed by atoms with Gasteiger partial charge in [-0.05, 0) is 19.8 Å². The van der Waals surface area contributed by atoms with Crippen molar-refractivity contribution in [3.63, 3.8) is 0 Å². The van der Waals surface area contributed by atoms with E-state index in [-0.39, 0.29) is 6.61 Å². The zero-order chi connectivity index (χ0) is 12.2. The molecule has 0 aliphatic rings. The van der Waals surface area contributed by atoms with Gasteiger partial charge in [-0.15, -0.1) is 0 Å². The van der Waals surface area contributed by atoms with Gasteiger partial charge in [-0.2, -0.15) is 0 Å². The number of esters is 1. The molecule has 4 heteroatoms. The molecule has 0 saturated heterocycles. The van der Waals surface area contributed by atoms with Crippen molar-refractivity contribution in [2.24, 2.45) is 0 Å². The van der Waals surface area contributed by atoms with Gasteiger partial charge in [0.05, 0.1) is 31.7 Å². The molecule has 0 unspecified atom stereocenters. The summed E-state index contributed by atoms with van der Waals surface area (Å²) in [5.74, 6) is -0.391. The number of hydrogen-bond donors (Lipinski definition) is 0. The van der Waals surface area contributed by atoms with Gasteiger partial charge in [0.2, 0.25) is 0 Å². The monoisotopic (exact) mass is 228 g/mol. The van der Waals surface area contributed by atoms with Gasteiger partial charge in [-0.1, -0.05) is 13.2 Å². The summed E-state index contributed by atoms with van der Waals surface area (Å²) >= 11 is 0. The molecule has 0 aliphatic heterocycles. The predicted octanol–water partition coefficient (Wildman–Crippen LogP) is 2.06. The lowest BCUT2D eigenvalue weighted by molar-refractivity contribution is -0.139. The van der Waals surface area contributed by atoms with Crippen molar-refractivity contribution < 1.29 is 19.0 Å². The second kappa shape index (κ2) is 10.2. The van der Waals surface area contributed by atoms with Crippen LogP contribution in [0.5, 0.6) is 0 Å². The number of unbranched alkanes of at least 4 members (excludes halogenated alkanes) is 1. The molecule has 0 aromatic carbocycles. The molecule has 0 aromatic heterocycles. The van der Waals surface area contributed by atoms with Crippen molar-refractivity contribution in [3.8, 4) is 0 Å². The van der Waals surface area contributed by atoms with Crippen molar-refractivity contribution in [3.05, 3.63) is 25.0 Å². The lowest BCUT2D eigenvalue weighted by Gasteiger charge is -2.06. The average Bonchev–Trinajstić information content (AvgIpc) is 2.28. The van der Waals surface area contributed by atoms with Crippen LogP contribution < -0.4 is 0 Å². The van der Waals surface area contributed by atoms with Gasteiger partial charge in [0.1, 0.15) is 0 Å². The Balaban J connectivity index is 3.34. The van der Waals surface area contributed by atoms with Crippen LogP contribution in [0.3, 0.4) is 0 Å². The maximum Gasteiger partial charge on any atom is 0.335 e. The molecule has 0 amide bonds. The van der Waals surface area contributed by atoms with Crippen molar-refractivity contribution >= 4 is 5.97 Å². The van der Waals surface area contributed by atoms with E-state index in [1.807, 2.05) is 0 Å². The van der Waals surface area contributed by atoms with Crippen LogP contribution in [0.2, 0.25) is 0 Å². The van der Waals surface area contributed by atoms with Gasteiger partial charge < -0.3 is 14.2 Å². The highest BCUT2D eigenvalue weighted by Crippen LogP contribution is 1.98. The van der Waals surface area contributed by atoms with Crippen LogP contribution in [0.1, 0.15) is 19.8 Å². The Morgan fingerprint density at radius 2 is 2.00 bits per heavy atom. The summed E-state index contributed by atoms with van der Waals surface area (Å²) in [7, 11) is 0. The van der Waals surface area contributed by atoms with Crippen LogP contribution >= 0.6 is 0 Å². The molecule has 0 spiro atoms. The highest BCUT2D eigenvalue weighted by Gasteiger charge is 2.06. The molecule has 0 rings (SSSR count). The largest absolute Gasteiger partial charge is 0.502 e. The average molecular weight is 228 g/mol. The Hall–Kier alpha value is -1.29. The van der Waals surface area contributed by atoms with E-state index in [1.165, 1.54) is 6.26 Å². The summed E-state index contributed by atoms with van der Waals surface area (Å²) in [6.07, 6.45) is 3.20. The first kappa shape index (κ1) is 14.7. The first-order valence-electron chi connectivity index (χ1n) is 5.37. The highest BCUT2D eigenvalue weighted by molar-refractivity contribution is 5.87. The maximum absolute atomic E-state index is 11.1. The van der Waals surface area contributed by atoms with Gasteiger partial charge in [-0.3, -0.25) is 0 Å². The molecule has 0 aliphatic carbocycles. The molecule has 0 N–H and O–H groups in total. The quantitative estimate of drug-likeness (QED) is 0.248. The normalized spacial score (nSPS) is 9.56. The summed E-state index contributed by atoms with van der Waals surface area (Å²) in [6, 6.07) is 0. The second-order valence-corrected chi connectivity index (χ2v) is 3.12. The van der Waals surface area contributed by atoms with Crippen LogP contribution in [0.4, 0.5) is 0 Å². The van der Waals surface area contributed by atoms with E-state index in [0.717, 1.165) is 12.8 Å². The first-order valence-corrected chi connectivity index (χ1v) is 5.37. The van der Waals surface area contributed by atoms with E-state index in [0.29, 0.717) is 25.4 Å². The number of carbonyl (C=O) groups excluding carboxylic acids is 1. The highest BCUT2D eigenvalue weighted by atomic mass is 16.5. The van der Waals surface area contributed by atoms with Gasteiger partial charge in [-0.25, -0.2) is 4.79 Å². The minimum absolute atomic E-state index is 0.223. The van der Waals surface area contributed by atoms with E-state index in [2.05, 4.69) is 13.2 Å². The molecule has 0 saturated carbocycles. The zero-order valence-electron chi connectivity index (χ0n) is 9.87. The lowest BCUT2D eigenvalue weighted by Crippen LogP contribution is -2.12. The fourth-order valence-corrected chi connectivity index (χ4v) is 0.960. The fraction of sp³-hybridized carbons (Fsp3) is 0.583.